The molecule has 2 aromatic rings. The van der Waals surface area contributed by atoms with Gasteiger partial charge in [0.15, 0.2) is 12.0 Å². The van der Waals surface area contributed by atoms with Gasteiger partial charge < -0.3 is 0 Å². The zero-order valence-corrected chi connectivity index (χ0v) is 7.50. The van der Waals surface area contributed by atoms with Crippen molar-refractivity contribution >= 4 is 33.2 Å². The molecule has 0 unspecified atom stereocenters. The van der Waals surface area contributed by atoms with Gasteiger partial charge in [-0.3, -0.25) is 14.9 Å². The van der Waals surface area contributed by atoms with Crippen molar-refractivity contribution in [1.82, 2.24) is 15.2 Å². The van der Waals surface area contributed by atoms with Gasteiger partial charge in [-0.1, -0.05) is 0 Å². The van der Waals surface area contributed by atoms with Crippen LogP contribution >= 0.6 is 15.9 Å². The number of aromatic nitrogens is 3. The first-order valence-corrected chi connectivity index (χ1v) is 4.05. The summed E-state index contributed by atoms with van der Waals surface area (Å²) >= 11 is 3.26. The molecule has 0 radical (unpaired) electrons. The Morgan fingerprint density at radius 1 is 1.58 bits per heavy atom. The normalized spacial score (nSPS) is 10.4. The molecule has 0 spiro atoms. The SMILES string of the molecule is O=Cc1n[nH]c2cc(Br)cnc12. The first-order valence-electron chi connectivity index (χ1n) is 3.26. The second-order valence-corrected chi connectivity index (χ2v) is 3.19. The van der Waals surface area contributed by atoms with Crippen molar-refractivity contribution in [3.8, 4) is 0 Å². The van der Waals surface area contributed by atoms with E-state index in [1.807, 2.05) is 6.07 Å². The third-order valence-electron chi connectivity index (χ3n) is 1.51. The molecule has 0 saturated carbocycles. The lowest BCUT2D eigenvalue weighted by Gasteiger charge is -1.88. The molecule has 2 heterocycles. The van der Waals surface area contributed by atoms with Gasteiger partial charge in [-0.15, -0.1) is 0 Å². The summed E-state index contributed by atoms with van der Waals surface area (Å²) in [5, 5.41) is 6.48. The van der Waals surface area contributed by atoms with Crippen molar-refractivity contribution < 1.29 is 4.79 Å². The molecule has 0 bridgehead atoms. The highest BCUT2D eigenvalue weighted by Gasteiger charge is 2.04. The van der Waals surface area contributed by atoms with Crippen LogP contribution in [0.25, 0.3) is 11.0 Å². The Labute approximate surface area is 76.1 Å². The molecular formula is C7H4BrN3O. The Hall–Kier alpha value is -1.23. The number of rotatable bonds is 1. The van der Waals surface area contributed by atoms with Crippen LogP contribution in [0.4, 0.5) is 0 Å². The van der Waals surface area contributed by atoms with E-state index in [-0.39, 0.29) is 0 Å². The Bertz CT molecular complexity index is 437. The van der Waals surface area contributed by atoms with E-state index in [2.05, 4.69) is 31.1 Å². The van der Waals surface area contributed by atoms with Crippen molar-refractivity contribution in [3.05, 3.63) is 22.4 Å². The Balaban J connectivity index is 2.81. The van der Waals surface area contributed by atoms with Crippen LogP contribution in [-0.2, 0) is 0 Å². The Morgan fingerprint density at radius 3 is 3.17 bits per heavy atom. The number of hydrogen-bond acceptors (Lipinski definition) is 3. The van der Waals surface area contributed by atoms with E-state index in [1.165, 1.54) is 0 Å². The van der Waals surface area contributed by atoms with Gasteiger partial charge in [0, 0.05) is 10.7 Å². The van der Waals surface area contributed by atoms with Crippen LogP contribution in [-0.4, -0.2) is 21.5 Å². The molecule has 0 atom stereocenters. The topological polar surface area (TPSA) is 58.6 Å². The summed E-state index contributed by atoms with van der Waals surface area (Å²) in [4.78, 5) is 14.5. The van der Waals surface area contributed by atoms with Crippen LogP contribution in [0, 0.1) is 0 Å². The van der Waals surface area contributed by atoms with Gasteiger partial charge in [-0.2, -0.15) is 5.10 Å². The van der Waals surface area contributed by atoms with Gasteiger partial charge in [-0.25, -0.2) is 0 Å². The average molecular weight is 226 g/mol. The quantitative estimate of drug-likeness (QED) is 0.750. The van der Waals surface area contributed by atoms with Crippen LogP contribution < -0.4 is 0 Å². The number of nitrogens with one attached hydrogen (secondary N) is 1. The zero-order chi connectivity index (χ0) is 8.55. The summed E-state index contributed by atoms with van der Waals surface area (Å²) in [5.41, 5.74) is 1.71. The molecule has 0 saturated heterocycles. The lowest BCUT2D eigenvalue weighted by atomic mass is 10.3. The van der Waals surface area contributed by atoms with Crippen molar-refractivity contribution in [3.63, 3.8) is 0 Å². The molecule has 4 nitrogen and oxygen atoms in total. The number of halogens is 1. The number of nitrogens with zero attached hydrogens (tertiary/aromatic N) is 2. The van der Waals surface area contributed by atoms with Crippen molar-refractivity contribution in [2.24, 2.45) is 0 Å². The number of hydrogen-bond donors (Lipinski definition) is 1. The molecule has 0 amide bonds. The van der Waals surface area contributed by atoms with Crippen LogP contribution in [0.15, 0.2) is 16.7 Å². The minimum atomic E-state index is 0.345. The van der Waals surface area contributed by atoms with E-state index >= 15 is 0 Å². The van der Waals surface area contributed by atoms with Gasteiger partial charge in [-0.05, 0) is 22.0 Å². The van der Waals surface area contributed by atoms with Crippen LogP contribution in [0.1, 0.15) is 10.5 Å². The number of aldehydes is 1. The molecule has 60 valence electrons. The highest BCUT2D eigenvalue weighted by atomic mass is 79.9. The minimum absolute atomic E-state index is 0.345. The fourth-order valence-electron chi connectivity index (χ4n) is 0.984. The van der Waals surface area contributed by atoms with E-state index in [0.29, 0.717) is 17.5 Å². The van der Waals surface area contributed by atoms with E-state index in [1.54, 1.807) is 6.20 Å². The summed E-state index contributed by atoms with van der Waals surface area (Å²) in [6.45, 7) is 0. The predicted octanol–water partition coefficient (Wildman–Crippen LogP) is 1.53. The first kappa shape index (κ1) is 7.42. The van der Waals surface area contributed by atoms with Crippen molar-refractivity contribution in [2.45, 2.75) is 0 Å². The standard InChI is InChI=1S/C7H4BrN3O/c8-4-1-5-7(9-2-4)6(3-12)11-10-5/h1-3H,(H,10,11). The number of H-pyrrole nitrogens is 1. The summed E-state index contributed by atoms with van der Waals surface area (Å²) in [5.74, 6) is 0. The number of pyridine rings is 1. The van der Waals surface area contributed by atoms with Gasteiger partial charge in [0.2, 0.25) is 0 Å². The third kappa shape index (κ3) is 1.02. The molecule has 0 aliphatic carbocycles. The maximum Gasteiger partial charge on any atom is 0.172 e. The number of carbonyl (C=O) groups is 1. The third-order valence-corrected chi connectivity index (χ3v) is 1.94. The number of aromatic amines is 1. The maximum atomic E-state index is 10.4. The molecule has 1 N–H and O–H groups in total. The monoisotopic (exact) mass is 225 g/mol. The molecule has 0 aliphatic rings. The number of fused-ring (bicyclic) bond motifs is 1. The molecule has 2 aromatic heterocycles. The predicted molar refractivity (Wildman–Crippen MR) is 47.0 cm³/mol. The van der Waals surface area contributed by atoms with E-state index in [9.17, 15) is 4.79 Å². The maximum absolute atomic E-state index is 10.4. The first-order chi connectivity index (χ1) is 5.81. The second-order valence-electron chi connectivity index (χ2n) is 2.28. The Morgan fingerprint density at radius 2 is 2.42 bits per heavy atom. The average Bonchev–Trinajstić information content (AvgIpc) is 2.46. The molecular weight excluding hydrogens is 222 g/mol. The highest BCUT2D eigenvalue weighted by molar-refractivity contribution is 9.10. The summed E-state index contributed by atoms with van der Waals surface area (Å²) < 4.78 is 0.857. The minimum Gasteiger partial charge on any atom is -0.296 e. The van der Waals surface area contributed by atoms with Crippen LogP contribution in [0.3, 0.4) is 0 Å². The Kier molecular flexibility index (Phi) is 1.65. The summed E-state index contributed by atoms with van der Waals surface area (Å²) in [7, 11) is 0. The van der Waals surface area contributed by atoms with Crippen molar-refractivity contribution in [2.75, 3.05) is 0 Å². The molecule has 0 aromatic carbocycles. The van der Waals surface area contributed by atoms with Crippen LogP contribution in [0.5, 0.6) is 0 Å². The number of carbonyl (C=O) groups excluding carboxylic acids is 1. The molecule has 12 heavy (non-hydrogen) atoms. The van der Waals surface area contributed by atoms with Gasteiger partial charge in [0.25, 0.3) is 0 Å². The summed E-state index contributed by atoms with van der Waals surface area (Å²) in [6.07, 6.45) is 2.31. The largest absolute Gasteiger partial charge is 0.296 e. The van der Waals surface area contributed by atoms with Gasteiger partial charge >= 0.3 is 0 Å². The fraction of sp³-hybridized carbons (Fsp3) is 0. The van der Waals surface area contributed by atoms with Crippen LogP contribution in [0.2, 0.25) is 0 Å². The smallest absolute Gasteiger partial charge is 0.172 e. The van der Waals surface area contributed by atoms with E-state index in [4.69, 9.17) is 0 Å². The summed E-state index contributed by atoms with van der Waals surface area (Å²) in [6, 6.07) is 1.82. The lowest BCUT2D eigenvalue weighted by Crippen LogP contribution is -1.81. The van der Waals surface area contributed by atoms with E-state index < -0.39 is 0 Å². The highest BCUT2D eigenvalue weighted by Crippen LogP contribution is 2.16. The van der Waals surface area contributed by atoms with E-state index in [0.717, 1.165) is 9.99 Å². The second kappa shape index (κ2) is 2.67. The lowest BCUT2D eigenvalue weighted by molar-refractivity contribution is 0.112. The molecule has 0 fully saturated rings. The fourth-order valence-corrected chi connectivity index (χ4v) is 1.32. The molecule has 0 aliphatic heterocycles. The molecule has 2 rings (SSSR count). The zero-order valence-electron chi connectivity index (χ0n) is 5.91. The molecule has 5 heteroatoms. The van der Waals surface area contributed by atoms with Gasteiger partial charge in [0.1, 0.15) is 5.52 Å². The van der Waals surface area contributed by atoms with Gasteiger partial charge in [0.05, 0.1) is 5.52 Å². The van der Waals surface area contributed by atoms with Crippen molar-refractivity contribution in [1.29, 1.82) is 0 Å².